The maximum Gasteiger partial charge on any atom is 0.324 e. The van der Waals surface area contributed by atoms with Crippen LogP contribution in [0.1, 0.15) is 22.3 Å². The van der Waals surface area contributed by atoms with Crippen LogP contribution in [0.2, 0.25) is 5.02 Å². The molecular weight excluding hydrogens is 807 g/mol. The first kappa shape index (κ1) is 42.4. The lowest BCUT2D eigenvalue weighted by molar-refractivity contribution is -0.383. The summed E-state index contributed by atoms with van der Waals surface area (Å²) >= 11 is 7.78. The van der Waals surface area contributed by atoms with Gasteiger partial charge in [-0.15, -0.1) is 11.8 Å². The van der Waals surface area contributed by atoms with Crippen molar-refractivity contribution in [3.8, 4) is 11.1 Å². The Balaban J connectivity index is 0.956. The molecule has 2 aliphatic heterocycles. The number of benzene rings is 5. The molecule has 308 valence electrons. The number of nitro benzene ring substituents is 1. The summed E-state index contributed by atoms with van der Waals surface area (Å²) in [5, 5.41) is 18.4. The second-order valence-corrected chi connectivity index (χ2v) is 18.1. The zero-order chi connectivity index (χ0) is 41.2. The highest BCUT2D eigenvalue weighted by Gasteiger charge is 2.29. The van der Waals surface area contributed by atoms with E-state index in [-0.39, 0.29) is 28.3 Å². The number of ether oxygens (including phenoxy) is 1. The summed E-state index contributed by atoms with van der Waals surface area (Å²) in [7, 11) is -4.55. The van der Waals surface area contributed by atoms with Gasteiger partial charge in [-0.3, -0.25) is 34.4 Å². The highest BCUT2D eigenvalue weighted by Crippen LogP contribution is 2.38. The van der Waals surface area contributed by atoms with Gasteiger partial charge in [-0.25, -0.2) is 0 Å². The normalized spacial score (nSPS) is 16.5. The van der Waals surface area contributed by atoms with Crippen LogP contribution in [-0.4, -0.2) is 96.3 Å². The Bertz CT molecular complexity index is 2240. The van der Waals surface area contributed by atoms with Crippen LogP contribution in [0.3, 0.4) is 0 Å². The van der Waals surface area contributed by atoms with Crippen LogP contribution in [0.4, 0.5) is 17.1 Å². The minimum atomic E-state index is -4.55. The first-order valence-electron chi connectivity index (χ1n) is 19.7. The van der Waals surface area contributed by atoms with E-state index in [0.717, 1.165) is 81.0 Å². The first-order valence-corrected chi connectivity index (χ1v) is 22.7. The predicted molar refractivity (Wildman–Crippen MR) is 237 cm³/mol. The summed E-state index contributed by atoms with van der Waals surface area (Å²) in [6, 6.07) is 36.9. The van der Waals surface area contributed by atoms with Crippen LogP contribution in [0, 0.1) is 10.1 Å². The molecule has 0 spiro atoms. The predicted octanol–water partition coefficient (Wildman–Crippen LogP) is 7.77. The van der Waals surface area contributed by atoms with Crippen LogP contribution < -0.4 is 20.6 Å². The van der Waals surface area contributed by atoms with Gasteiger partial charge < -0.3 is 19.8 Å². The molecule has 0 aromatic heterocycles. The summed E-state index contributed by atoms with van der Waals surface area (Å²) in [6.45, 7) is 7.92. The van der Waals surface area contributed by atoms with Gasteiger partial charge in [0.25, 0.3) is 11.6 Å². The van der Waals surface area contributed by atoms with Gasteiger partial charge in [-0.2, -0.15) is 0 Å². The van der Waals surface area contributed by atoms with E-state index >= 15 is 0 Å². The molecule has 2 saturated heterocycles. The second kappa shape index (κ2) is 20.0. The van der Waals surface area contributed by atoms with Crippen molar-refractivity contribution in [1.29, 1.82) is 0 Å². The van der Waals surface area contributed by atoms with Crippen molar-refractivity contribution in [2.75, 3.05) is 75.0 Å². The number of thioether (sulfide) groups is 1. The van der Waals surface area contributed by atoms with Crippen molar-refractivity contribution >= 4 is 59.2 Å². The van der Waals surface area contributed by atoms with E-state index < -0.39 is 18.4 Å². The van der Waals surface area contributed by atoms with Gasteiger partial charge in [-0.1, -0.05) is 66.2 Å². The molecule has 0 aliphatic carbocycles. The summed E-state index contributed by atoms with van der Waals surface area (Å²) in [4.78, 5) is 44.2. The second-order valence-electron chi connectivity index (χ2n) is 14.7. The molecule has 5 aromatic rings. The molecule has 3 N–H and O–H groups in total. The largest absolute Gasteiger partial charge is 0.379 e. The van der Waals surface area contributed by atoms with Crippen molar-refractivity contribution in [1.82, 2.24) is 14.9 Å². The number of nitro groups is 1. The van der Waals surface area contributed by atoms with Gasteiger partial charge in [0.05, 0.1) is 23.4 Å². The molecule has 1 amide bonds. The Morgan fingerprint density at radius 2 is 1.56 bits per heavy atom. The van der Waals surface area contributed by atoms with E-state index in [4.69, 9.17) is 16.3 Å². The van der Waals surface area contributed by atoms with Crippen LogP contribution in [0.15, 0.2) is 126 Å². The fourth-order valence-electron chi connectivity index (χ4n) is 7.34. The lowest BCUT2D eigenvalue weighted by Crippen LogP contribution is -2.46. The third-order valence-electron chi connectivity index (χ3n) is 10.7. The summed E-state index contributed by atoms with van der Waals surface area (Å²) in [6.07, 6.45) is 0.725. The van der Waals surface area contributed by atoms with Crippen molar-refractivity contribution in [2.45, 2.75) is 23.9 Å². The first-order chi connectivity index (χ1) is 28.6. The van der Waals surface area contributed by atoms with E-state index in [9.17, 15) is 24.4 Å². The number of piperazine rings is 1. The molecule has 2 atom stereocenters. The van der Waals surface area contributed by atoms with Crippen LogP contribution >= 0.6 is 30.9 Å². The number of nitrogens with zero attached hydrogens (tertiary/aromatic N) is 4. The van der Waals surface area contributed by atoms with Gasteiger partial charge >= 0.3 is 7.52 Å². The zero-order valence-corrected chi connectivity index (χ0v) is 35.1. The SMILES string of the molecule is O=C(NP(=O)(O)c1ccc(N[C@H](CCN2CCOCC2)CSc2ccccc2)c([N+](=O)[O-])c1)c1ccc(N2CCN(Cc3ccccc3-c3ccc(Cl)cc3)CC2)cc1. The average molecular weight is 855 g/mol. The minimum Gasteiger partial charge on any atom is -0.379 e. The number of nitrogens with one attached hydrogen (secondary N) is 2. The number of morpholine rings is 1. The minimum absolute atomic E-state index is 0.136. The monoisotopic (exact) mass is 854 g/mol. The third kappa shape index (κ3) is 11.5. The Labute approximate surface area is 354 Å². The van der Waals surface area contributed by atoms with Crippen LogP contribution in [0.25, 0.3) is 11.1 Å². The molecule has 0 saturated carbocycles. The standard InChI is InChI=1S/C44H48ClN6O6PS/c45-36-14-10-33(11-15-36)41-9-5-4-6-35(41)31-49-22-24-50(25-23-49)38-16-12-34(13-17-38)44(52)47-58(55,56)39-18-19-42(43(30-39)51(53)54)46-37(20-21-48-26-28-57-29-27-48)32-59-40-7-2-1-3-8-40/h1-19,30,37,46H,20-29,31-32H2,(H2,47,52,55,56)/t37-/m1/s1. The quantitative estimate of drug-likeness (QED) is 0.0388. The topological polar surface area (TPSA) is 141 Å². The van der Waals surface area contributed by atoms with E-state index in [1.165, 1.54) is 23.3 Å². The fraction of sp³-hybridized carbons (Fsp3) is 0.295. The Kier molecular flexibility index (Phi) is 14.4. The fourth-order valence-corrected chi connectivity index (χ4v) is 9.57. The van der Waals surface area contributed by atoms with E-state index in [0.29, 0.717) is 24.0 Å². The molecule has 0 radical (unpaired) electrons. The third-order valence-corrected chi connectivity index (χ3v) is 13.6. The average Bonchev–Trinajstić information content (AvgIpc) is 3.26. The number of rotatable bonds is 16. The van der Waals surface area contributed by atoms with Crippen molar-refractivity contribution < 1.29 is 23.9 Å². The van der Waals surface area contributed by atoms with Crippen molar-refractivity contribution in [2.24, 2.45) is 0 Å². The number of carbonyl (C=O) groups is 1. The molecule has 7 rings (SSSR count). The number of amides is 1. The van der Waals surface area contributed by atoms with E-state index in [2.05, 4.69) is 43.3 Å². The van der Waals surface area contributed by atoms with Crippen LogP contribution in [-0.2, 0) is 15.8 Å². The van der Waals surface area contributed by atoms with E-state index in [1.807, 2.05) is 72.8 Å². The molecule has 0 bridgehead atoms. The number of hydrogen-bond donors (Lipinski definition) is 3. The Hall–Kier alpha value is -4.72. The van der Waals surface area contributed by atoms with Gasteiger partial charge in [0, 0.05) is 91.4 Å². The highest BCUT2D eigenvalue weighted by molar-refractivity contribution is 7.99. The highest BCUT2D eigenvalue weighted by atomic mass is 35.5. The maximum atomic E-state index is 13.6. The molecule has 1 unspecified atom stereocenters. The number of anilines is 2. The summed E-state index contributed by atoms with van der Waals surface area (Å²) in [5.74, 6) is -0.102. The van der Waals surface area contributed by atoms with Gasteiger partial charge in [0.1, 0.15) is 5.69 Å². The van der Waals surface area contributed by atoms with E-state index in [1.54, 1.807) is 23.9 Å². The van der Waals surface area contributed by atoms with Gasteiger partial charge in [0.15, 0.2) is 0 Å². The molecule has 59 heavy (non-hydrogen) atoms. The number of carbonyl (C=O) groups excluding carboxylic acids is 1. The van der Waals surface area contributed by atoms with Crippen molar-refractivity contribution in [3.05, 3.63) is 148 Å². The molecule has 2 aliphatic rings. The number of halogens is 1. The van der Waals surface area contributed by atoms with Gasteiger partial charge in [0.2, 0.25) is 0 Å². The molecule has 15 heteroatoms. The summed E-state index contributed by atoms with van der Waals surface area (Å²) in [5.41, 5.74) is 4.61. The lowest BCUT2D eigenvalue weighted by atomic mass is 9.99. The Morgan fingerprint density at radius 3 is 2.27 bits per heavy atom. The molecule has 5 aromatic carbocycles. The molecule has 2 fully saturated rings. The number of hydrogen-bond acceptors (Lipinski definition) is 10. The Morgan fingerprint density at radius 1 is 0.864 bits per heavy atom. The zero-order valence-electron chi connectivity index (χ0n) is 32.6. The molecular formula is C44H48ClN6O6PS. The molecule has 2 heterocycles. The molecule has 12 nitrogen and oxygen atoms in total. The lowest BCUT2D eigenvalue weighted by Gasteiger charge is -2.36. The van der Waals surface area contributed by atoms with Crippen molar-refractivity contribution in [3.63, 3.8) is 0 Å². The van der Waals surface area contributed by atoms with Crippen LogP contribution in [0.5, 0.6) is 0 Å². The smallest absolute Gasteiger partial charge is 0.324 e. The summed E-state index contributed by atoms with van der Waals surface area (Å²) < 4.78 is 19.1. The maximum absolute atomic E-state index is 13.6. The van der Waals surface area contributed by atoms with Gasteiger partial charge in [-0.05, 0) is 83.8 Å².